The highest BCUT2D eigenvalue weighted by atomic mass is 19.1. The molecule has 0 spiro atoms. The Bertz CT molecular complexity index is 1060. The van der Waals surface area contributed by atoms with Crippen molar-refractivity contribution in [3.8, 4) is 11.1 Å². The molecule has 1 saturated heterocycles. The zero-order chi connectivity index (χ0) is 22.2. The van der Waals surface area contributed by atoms with Crippen LogP contribution in [-0.4, -0.2) is 34.8 Å². The number of rotatable bonds is 5. The van der Waals surface area contributed by atoms with Gasteiger partial charge in [-0.3, -0.25) is 14.9 Å². The van der Waals surface area contributed by atoms with E-state index in [1.807, 2.05) is 6.07 Å². The lowest BCUT2D eigenvalue weighted by molar-refractivity contribution is -0.124. The largest absolute Gasteiger partial charge is 0.396 e. The zero-order valence-electron chi connectivity index (χ0n) is 18.1. The standard InChI is InChI=1S/C25H30FN3O3/c26-20-9-5-4-8-16(20)17-10-11-21-22-18(13-29(21)25(17)32)19(14-30)23(28-22)24(31)27-12-15-6-2-1-3-7-15/h4-5,8-11,15,18-19,22-23,28,30H,1-3,6-7,12-14H2,(H,27,31)/t18-,19-,22+,23-/m1/s1. The number of nitrogens with one attached hydrogen (secondary N) is 2. The second-order valence-corrected chi connectivity index (χ2v) is 9.45. The van der Waals surface area contributed by atoms with Crippen LogP contribution >= 0.6 is 0 Å². The molecule has 3 N–H and O–H groups in total. The van der Waals surface area contributed by atoms with Crippen LogP contribution in [-0.2, 0) is 11.3 Å². The highest BCUT2D eigenvalue weighted by Gasteiger charge is 2.50. The molecular formula is C25H30FN3O3. The van der Waals surface area contributed by atoms with Crippen molar-refractivity contribution in [3.63, 3.8) is 0 Å². The summed E-state index contributed by atoms with van der Waals surface area (Å²) in [6, 6.07) is 9.12. The molecule has 2 aromatic rings. The Morgan fingerprint density at radius 3 is 2.66 bits per heavy atom. The first-order chi connectivity index (χ1) is 15.6. The molecule has 1 saturated carbocycles. The molecule has 1 aromatic heterocycles. The second-order valence-electron chi connectivity index (χ2n) is 9.45. The summed E-state index contributed by atoms with van der Waals surface area (Å²) >= 11 is 0. The first-order valence-electron chi connectivity index (χ1n) is 11.7. The number of benzene rings is 1. The Hall–Kier alpha value is -2.51. The van der Waals surface area contributed by atoms with Gasteiger partial charge in [0.25, 0.3) is 5.56 Å². The number of aliphatic hydroxyl groups is 1. The van der Waals surface area contributed by atoms with E-state index < -0.39 is 11.9 Å². The van der Waals surface area contributed by atoms with E-state index in [1.165, 1.54) is 25.3 Å². The number of hydrogen-bond donors (Lipinski definition) is 3. The molecule has 5 rings (SSSR count). The van der Waals surface area contributed by atoms with E-state index >= 15 is 0 Å². The minimum absolute atomic E-state index is 0.0611. The number of fused-ring (bicyclic) bond motifs is 3. The molecule has 2 fully saturated rings. The maximum Gasteiger partial charge on any atom is 0.258 e. The average molecular weight is 440 g/mol. The van der Waals surface area contributed by atoms with E-state index in [2.05, 4.69) is 10.6 Å². The summed E-state index contributed by atoms with van der Waals surface area (Å²) in [6.07, 6.45) is 6.06. The quantitative estimate of drug-likeness (QED) is 0.669. The van der Waals surface area contributed by atoms with Gasteiger partial charge in [-0.1, -0.05) is 37.5 Å². The summed E-state index contributed by atoms with van der Waals surface area (Å²) < 4.78 is 15.9. The number of aromatic nitrogens is 1. The van der Waals surface area contributed by atoms with Crippen molar-refractivity contribution in [1.82, 2.24) is 15.2 Å². The van der Waals surface area contributed by atoms with Crippen LogP contribution in [0.2, 0.25) is 0 Å². The van der Waals surface area contributed by atoms with Gasteiger partial charge in [0, 0.05) is 42.8 Å². The third-order valence-electron chi connectivity index (χ3n) is 7.63. The number of nitrogens with zero attached hydrogens (tertiary/aromatic N) is 1. The topological polar surface area (TPSA) is 83.4 Å². The fourth-order valence-electron chi connectivity index (χ4n) is 5.89. The van der Waals surface area contributed by atoms with Crippen LogP contribution in [0.25, 0.3) is 11.1 Å². The van der Waals surface area contributed by atoms with Gasteiger partial charge in [-0.05, 0) is 37.0 Å². The lowest BCUT2D eigenvalue weighted by Gasteiger charge is -2.25. The van der Waals surface area contributed by atoms with E-state index in [1.54, 1.807) is 28.8 Å². The van der Waals surface area contributed by atoms with Crippen molar-refractivity contribution < 1.29 is 14.3 Å². The number of carbonyl (C=O) groups excluding carboxylic acids is 1. The van der Waals surface area contributed by atoms with E-state index in [0.29, 0.717) is 24.6 Å². The van der Waals surface area contributed by atoms with E-state index in [9.17, 15) is 19.1 Å². The van der Waals surface area contributed by atoms with Crippen molar-refractivity contribution in [3.05, 3.63) is 58.3 Å². The molecule has 170 valence electrons. The summed E-state index contributed by atoms with van der Waals surface area (Å²) in [6.45, 7) is 0.969. The molecule has 3 heterocycles. The molecule has 4 atom stereocenters. The third kappa shape index (κ3) is 3.67. The molecule has 1 amide bonds. The molecule has 32 heavy (non-hydrogen) atoms. The van der Waals surface area contributed by atoms with Crippen molar-refractivity contribution >= 4 is 5.91 Å². The molecule has 0 bridgehead atoms. The Labute approximate surface area is 186 Å². The van der Waals surface area contributed by atoms with E-state index in [0.717, 1.165) is 18.5 Å². The Morgan fingerprint density at radius 2 is 1.91 bits per heavy atom. The molecular weight excluding hydrogens is 409 g/mol. The SMILES string of the molecule is O=C(NCC1CCCCC1)[C@@H]1N[C@@H]2c3ccc(-c4ccccc4F)c(=O)n3C[C@@H]2[C@H]1CO. The zero-order valence-corrected chi connectivity index (χ0v) is 18.1. The van der Waals surface area contributed by atoms with Gasteiger partial charge in [-0.2, -0.15) is 0 Å². The lowest BCUT2D eigenvalue weighted by Crippen LogP contribution is -2.47. The molecule has 0 radical (unpaired) electrons. The van der Waals surface area contributed by atoms with E-state index in [4.69, 9.17) is 0 Å². The van der Waals surface area contributed by atoms with Crippen LogP contribution in [0.15, 0.2) is 41.2 Å². The third-order valence-corrected chi connectivity index (χ3v) is 7.63. The van der Waals surface area contributed by atoms with Gasteiger partial charge in [0.2, 0.25) is 5.91 Å². The van der Waals surface area contributed by atoms with Gasteiger partial charge in [0.05, 0.1) is 17.6 Å². The minimum atomic E-state index is -0.478. The Balaban J connectivity index is 1.35. The summed E-state index contributed by atoms with van der Waals surface area (Å²) in [4.78, 5) is 26.1. The van der Waals surface area contributed by atoms with Gasteiger partial charge in [-0.25, -0.2) is 4.39 Å². The molecule has 7 heteroatoms. The predicted molar refractivity (Wildman–Crippen MR) is 119 cm³/mol. The Kier molecular flexibility index (Phi) is 5.86. The van der Waals surface area contributed by atoms with E-state index in [-0.39, 0.29) is 41.5 Å². The van der Waals surface area contributed by atoms with Crippen LogP contribution in [0.4, 0.5) is 4.39 Å². The number of aliphatic hydroxyl groups excluding tert-OH is 1. The summed E-state index contributed by atoms with van der Waals surface area (Å²) in [7, 11) is 0. The van der Waals surface area contributed by atoms with Gasteiger partial charge in [-0.15, -0.1) is 0 Å². The van der Waals surface area contributed by atoms with Crippen molar-refractivity contribution in [2.24, 2.45) is 17.8 Å². The van der Waals surface area contributed by atoms with Crippen LogP contribution < -0.4 is 16.2 Å². The minimum Gasteiger partial charge on any atom is -0.396 e. The first kappa shape index (κ1) is 21.3. The number of carbonyl (C=O) groups is 1. The number of halogens is 1. The summed E-state index contributed by atoms with van der Waals surface area (Å²) in [5.41, 5.74) is 1.17. The molecule has 1 aliphatic carbocycles. The molecule has 3 aliphatic rings. The fraction of sp³-hybridized carbons (Fsp3) is 0.520. The van der Waals surface area contributed by atoms with Crippen LogP contribution in [0.3, 0.4) is 0 Å². The highest BCUT2D eigenvalue weighted by Crippen LogP contribution is 2.43. The number of pyridine rings is 1. The van der Waals surface area contributed by atoms with Crippen molar-refractivity contribution in [2.75, 3.05) is 13.2 Å². The molecule has 0 unspecified atom stereocenters. The smallest absolute Gasteiger partial charge is 0.258 e. The van der Waals surface area contributed by atoms with Gasteiger partial charge in [0.15, 0.2) is 0 Å². The van der Waals surface area contributed by atoms with Gasteiger partial charge in [0.1, 0.15) is 5.82 Å². The average Bonchev–Trinajstić information content (AvgIpc) is 3.36. The number of hydrogen-bond acceptors (Lipinski definition) is 4. The van der Waals surface area contributed by atoms with Crippen molar-refractivity contribution in [1.29, 1.82) is 0 Å². The predicted octanol–water partition coefficient (Wildman–Crippen LogP) is 2.60. The maximum atomic E-state index is 14.3. The van der Waals surface area contributed by atoms with Gasteiger partial charge >= 0.3 is 0 Å². The highest BCUT2D eigenvalue weighted by molar-refractivity contribution is 5.82. The second kappa shape index (κ2) is 8.79. The molecule has 6 nitrogen and oxygen atoms in total. The lowest BCUT2D eigenvalue weighted by atomic mass is 9.87. The first-order valence-corrected chi connectivity index (χ1v) is 11.7. The molecule has 1 aromatic carbocycles. The van der Waals surface area contributed by atoms with Crippen LogP contribution in [0, 0.1) is 23.6 Å². The normalized spacial score (nSPS) is 27.2. The maximum absolute atomic E-state index is 14.3. The molecule has 2 aliphatic heterocycles. The Morgan fingerprint density at radius 1 is 1.12 bits per heavy atom. The summed E-state index contributed by atoms with van der Waals surface area (Å²) in [5, 5.41) is 16.6. The fourth-order valence-corrected chi connectivity index (χ4v) is 5.89. The monoisotopic (exact) mass is 439 g/mol. The van der Waals surface area contributed by atoms with Crippen molar-refractivity contribution in [2.45, 2.75) is 50.7 Å². The number of amides is 1. The van der Waals surface area contributed by atoms with Crippen LogP contribution in [0.5, 0.6) is 0 Å². The van der Waals surface area contributed by atoms with Gasteiger partial charge < -0.3 is 15.0 Å². The summed E-state index contributed by atoms with van der Waals surface area (Å²) in [5.74, 6) is -0.292. The van der Waals surface area contributed by atoms with Crippen LogP contribution in [0.1, 0.15) is 43.8 Å².